The molecule has 4 heteroatoms. The number of anilines is 1. The van der Waals surface area contributed by atoms with Gasteiger partial charge in [-0.1, -0.05) is 19.8 Å². The van der Waals surface area contributed by atoms with E-state index in [0.29, 0.717) is 11.8 Å². The van der Waals surface area contributed by atoms with E-state index in [1.165, 1.54) is 19.3 Å². The SMILES string of the molecule is CCC1CCCC(Oc2c(N)c(C)nn2CC)C1. The molecule has 1 heterocycles. The first-order chi connectivity index (χ1) is 8.65. The maximum absolute atomic E-state index is 6.14. The van der Waals surface area contributed by atoms with E-state index in [2.05, 4.69) is 18.9 Å². The lowest BCUT2D eigenvalue weighted by atomic mass is 9.85. The summed E-state index contributed by atoms with van der Waals surface area (Å²) >= 11 is 0. The van der Waals surface area contributed by atoms with Crippen LogP contribution in [0.2, 0.25) is 0 Å². The van der Waals surface area contributed by atoms with Gasteiger partial charge in [0.05, 0.1) is 5.69 Å². The Bertz CT molecular complexity index is 400. The van der Waals surface area contributed by atoms with Crippen LogP contribution in [-0.4, -0.2) is 15.9 Å². The Labute approximate surface area is 110 Å². The fourth-order valence-corrected chi connectivity index (χ4v) is 2.79. The Kier molecular flexibility index (Phi) is 4.15. The number of nitrogens with two attached hydrogens (primary N) is 1. The third-order valence-corrected chi connectivity index (χ3v) is 4.02. The first-order valence-corrected chi connectivity index (χ1v) is 7.15. The van der Waals surface area contributed by atoms with Gasteiger partial charge in [-0.3, -0.25) is 0 Å². The Morgan fingerprint density at radius 2 is 2.17 bits per heavy atom. The Hall–Kier alpha value is -1.19. The summed E-state index contributed by atoms with van der Waals surface area (Å²) in [5.41, 5.74) is 7.63. The second kappa shape index (κ2) is 5.63. The van der Waals surface area contributed by atoms with Crippen molar-refractivity contribution in [2.75, 3.05) is 5.73 Å². The van der Waals surface area contributed by atoms with E-state index in [9.17, 15) is 0 Å². The van der Waals surface area contributed by atoms with Gasteiger partial charge >= 0.3 is 0 Å². The van der Waals surface area contributed by atoms with Crippen molar-refractivity contribution in [2.45, 2.75) is 65.5 Å². The van der Waals surface area contributed by atoms with Crippen LogP contribution in [-0.2, 0) is 6.54 Å². The van der Waals surface area contributed by atoms with Gasteiger partial charge in [-0.05, 0) is 39.0 Å². The molecule has 0 aliphatic heterocycles. The minimum Gasteiger partial charge on any atom is -0.473 e. The van der Waals surface area contributed by atoms with Gasteiger partial charge < -0.3 is 10.5 Å². The lowest BCUT2D eigenvalue weighted by Crippen LogP contribution is -2.26. The Balaban J connectivity index is 2.08. The summed E-state index contributed by atoms with van der Waals surface area (Å²) < 4.78 is 8.01. The van der Waals surface area contributed by atoms with Crippen LogP contribution in [0.4, 0.5) is 5.69 Å². The summed E-state index contributed by atoms with van der Waals surface area (Å²) in [7, 11) is 0. The van der Waals surface area contributed by atoms with Gasteiger partial charge in [-0.2, -0.15) is 5.10 Å². The van der Waals surface area contributed by atoms with E-state index in [-0.39, 0.29) is 0 Å². The Morgan fingerprint density at radius 3 is 2.83 bits per heavy atom. The van der Waals surface area contributed by atoms with Crippen molar-refractivity contribution in [3.8, 4) is 5.88 Å². The summed E-state index contributed by atoms with van der Waals surface area (Å²) in [5.74, 6) is 1.58. The molecule has 1 aromatic heterocycles. The predicted octanol–water partition coefficient (Wildman–Crippen LogP) is 3.14. The lowest BCUT2D eigenvalue weighted by molar-refractivity contribution is 0.112. The number of aromatic nitrogens is 2. The molecule has 1 aromatic rings. The molecule has 2 atom stereocenters. The summed E-state index contributed by atoms with van der Waals surface area (Å²) in [6.45, 7) is 7.07. The third kappa shape index (κ3) is 2.62. The molecule has 0 amide bonds. The van der Waals surface area contributed by atoms with Gasteiger partial charge in [0, 0.05) is 6.54 Å². The molecular weight excluding hydrogens is 226 g/mol. The van der Waals surface area contributed by atoms with Gasteiger partial charge in [-0.15, -0.1) is 0 Å². The van der Waals surface area contributed by atoms with Crippen molar-refractivity contribution in [3.05, 3.63) is 5.69 Å². The number of ether oxygens (including phenoxy) is 1. The van der Waals surface area contributed by atoms with Gasteiger partial charge in [0.15, 0.2) is 0 Å². The number of nitrogen functional groups attached to an aromatic ring is 1. The lowest BCUT2D eigenvalue weighted by Gasteiger charge is -2.29. The van der Waals surface area contributed by atoms with Crippen molar-refractivity contribution >= 4 is 5.69 Å². The average molecular weight is 251 g/mol. The smallest absolute Gasteiger partial charge is 0.236 e. The number of aryl methyl sites for hydroxylation is 2. The van der Waals surface area contributed by atoms with Crippen molar-refractivity contribution < 1.29 is 4.74 Å². The first kappa shape index (κ1) is 13.2. The number of rotatable bonds is 4. The highest BCUT2D eigenvalue weighted by Gasteiger charge is 2.24. The molecule has 0 saturated heterocycles. The molecule has 1 saturated carbocycles. The molecule has 18 heavy (non-hydrogen) atoms. The molecule has 0 bridgehead atoms. The molecule has 1 aliphatic carbocycles. The molecular formula is C14H25N3O. The zero-order valence-corrected chi connectivity index (χ0v) is 11.8. The maximum Gasteiger partial charge on any atom is 0.236 e. The molecule has 102 valence electrons. The summed E-state index contributed by atoms with van der Waals surface area (Å²) in [6, 6.07) is 0. The van der Waals surface area contributed by atoms with Crippen molar-refractivity contribution in [3.63, 3.8) is 0 Å². The Morgan fingerprint density at radius 1 is 1.39 bits per heavy atom. The van der Waals surface area contributed by atoms with E-state index in [1.54, 1.807) is 0 Å². The van der Waals surface area contributed by atoms with Gasteiger partial charge in [0.2, 0.25) is 5.88 Å². The maximum atomic E-state index is 6.14. The molecule has 2 rings (SSSR count). The van der Waals surface area contributed by atoms with E-state index in [4.69, 9.17) is 10.5 Å². The van der Waals surface area contributed by atoms with Crippen molar-refractivity contribution in [2.24, 2.45) is 5.92 Å². The highest BCUT2D eigenvalue weighted by molar-refractivity contribution is 5.52. The van der Waals surface area contributed by atoms with Crippen LogP contribution < -0.4 is 10.5 Å². The van der Waals surface area contributed by atoms with Crippen LogP contribution >= 0.6 is 0 Å². The first-order valence-electron chi connectivity index (χ1n) is 7.15. The van der Waals surface area contributed by atoms with Crippen LogP contribution in [0.3, 0.4) is 0 Å². The number of hydrogen-bond donors (Lipinski definition) is 1. The minimum absolute atomic E-state index is 0.312. The van der Waals surface area contributed by atoms with E-state index >= 15 is 0 Å². The van der Waals surface area contributed by atoms with E-state index < -0.39 is 0 Å². The fourth-order valence-electron chi connectivity index (χ4n) is 2.79. The molecule has 2 unspecified atom stereocenters. The molecule has 1 fully saturated rings. The van der Waals surface area contributed by atoms with E-state index in [0.717, 1.165) is 36.9 Å². The molecule has 0 radical (unpaired) electrons. The van der Waals surface area contributed by atoms with Crippen molar-refractivity contribution in [1.29, 1.82) is 0 Å². The van der Waals surface area contributed by atoms with Crippen molar-refractivity contribution in [1.82, 2.24) is 9.78 Å². The number of hydrogen-bond acceptors (Lipinski definition) is 3. The molecule has 0 spiro atoms. The third-order valence-electron chi connectivity index (χ3n) is 4.02. The van der Waals surface area contributed by atoms with Gasteiger partial charge in [-0.25, -0.2) is 4.68 Å². The molecule has 2 N–H and O–H groups in total. The normalized spacial score (nSPS) is 24.2. The van der Waals surface area contributed by atoms with Crippen LogP contribution in [0.15, 0.2) is 0 Å². The molecule has 1 aliphatic rings. The standard InChI is InChI=1S/C14H25N3O/c1-4-11-7-6-8-12(9-11)18-14-13(15)10(3)16-17(14)5-2/h11-12H,4-9,15H2,1-3H3. The highest BCUT2D eigenvalue weighted by atomic mass is 16.5. The molecule has 0 aromatic carbocycles. The summed E-state index contributed by atoms with van der Waals surface area (Å²) in [5, 5.41) is 4.40. The largest absolute Gasteiger partial charge is 0.473 e. The van der Waals surface area contributed by atoms with Gasteiger partial charge in [0.25, 0.3) is 0 Å². The second-order valence-corrected chi connectivity index (χ2v) is 5.30. The fraction of sp³-hybridized carbons (Fsp3) is 0.786. The van der Waals surface area contributed by atoms with Crippen LogP contribution in [0.25, 0.3) is 0 Å². The van der Waals surface area contributed by atoms with Crippen LogP contribution in [0, 0.1) is 12.8 Å². The zero-order chi connectivity index (χ0) is 13.1. The zero-order valence-electron chi connectivity index (χ0n) is 11.8. The quantitative estimate of drug-likeness (QED) is 0.894. The second-order valence-electron chi connectivity index (χ2n) is 5.30. The topological polar surface area (TPSA) is 53.1 Å². The predicted molar refractivity (Wildman–Crippen MR) is 73.7 cm³/mol. The van der Waals surface area contributed by atoms with Gasteiger partial charge in [0.1, 0.15) is 11.8 Å². The summed E-state index contributed by atoms with van der Waals surface area (Å²) in [4.78, 5) is 0. The average Bonchev–Trinajstić information content (AvgIpc) is 2.67. The monoisotopic (exact) mass is 251 g/mol. The molecule has 4 nitrogen and oxygen atoms in total. The minimum atomic E-state index is 0.312. The highest BCUT2D eigenvalue weighted by Crippen LogP contribution is 2.32. The number of nitrogens with zero attached hydrogens (tertiary/aromatic N) is 2. The van der Waals surface area contributed by atoms with Crippen LogP contribution in [0.1, 0.15) is 51.6 Å². The summed E-state index contributed by atoms with van der Waals surface area (Å²) in [6.07, 6.45) is 6.47. The van der Waals surface area contributed by atoms with E-state index in [1.807, 2.05) is 11.6 Å². The van der Waals surface area contributed by atoms with Crippen LogP contribution in [0.5, 0.6) is 5.88 Å².